The Bertz CT molecular complexity index is 724. The van der Waals surface area contributed by atoms with Crippen LogP contribution in [-0.4, -0.2) is 14.5 Å². The van der Waals surface area contributed by atoms with Gasteiger partial charge in [-0.2, -0.15) is 0 Å². The summed E-state index contributed by atoms with van der Waals surface area (Å²) in [6, 6.07) is 12.5. The van der Waals surface area contributed by atoms with Gasteiger partial charge in [0.25, 0.3) is 0 Å². The zero-order chi connectivity index (χ0) is 14.1. The number of fused-ring (bicyclic) bond motifs is 1. The molecule has 3 aromatic rings. The molecule has 3 nitrogen and oxygen atoms in total. The highest BCUT2D eigenvalue weighted by Crippen LogP contribution is 2.22. The van der Waals surface area contributed by atoms with Gasteiger partial charge in [-0.3, -0.25) is 4.57 Å². The van der Waals surface area contributed by atoms with E-state index in [1.165, 1.54) is 5.56 Å². The van der Waals surface area contributed by atoms with Crippen molar-refractivity contribution in [3.63, 3.8) is 0 Å². The van der Waals surface area contributed by atoms with Gasteiger partial charge in [0.1, 0.15) is 11.3 Å². The monoisotopic (exact) mass is 265 g/mol. The maximum atomic E-state index is 4.75. The van der Waals surface area contributed by atoms with E-state index in [-0.39, 0.29) is 0 Å². The molecule has 3 rings (SSSR count). The molecule has 0 N–H and O–H groups in total. The predicted octanol–water partition coefficient (Wildman–Crippen LogP) is 3.93. The van der Waals surface area contributed by atoms with Crippen molar-refractivity contribution in [1.82, 2.24) is 14.5 Å². The lowest BCUT2D eigenvalue weighted by atomic mass is 10.1. The Morgan fingerprint density at radius 2 is 1.85 bits per heavy atom. The summed E-state index contributed by atoms with van der Waals surface area (Å²) in [5, 5.41) is 0. The number of aryl methyl sites for hydroxylation is 1. The minimum Gasteiger partial charge on any atom is -0.281 e. The molecule has 0 aliphatic rings. The van der Waals surface area contributed by atoms with E-state index in [1.807, 2.05) is 18.3 Å². The average molecular weight is 265 g/mol. The van der Waals surface area contributed by atoms with Gasteiger partial charge in [0, 0.05) is 18.3 Å². The quantitative estimate of drug-likeness (QED) is 0.718. The standard InChI is InChI=1S/C17H19N3/c1-12(2)11-16-19-15-5-4-10-18-17(15)20(16)14-8-6-13(3)7-9-14/h4-10,12H,11H2,1-3H3. The molecule has 0 saturated carbocycles. The summed E-state index contributed by atoms with van der Waals surface area (Å²) >= 11 is 0. The Morgan fingerprint density at radius 1 is 1.10 bits per heavy atom. The van der Waals surface area contributed by atoms with Gasteiger partial charge < -0.3 is 0 Å². The van der Waals surface area contributed by atoms with Gasteiger partial charge in [0.2, 0.25) is 0 Å². The summed E-state index contributed by atoms with van der Waals surface area (Å²) < 4.78 is 2.18. The molecule has 0 fully saturated rings. The molecule has 2 aromatic heterocycles. The first-order chi connectivity index (χ1) is 9.65. The van der Waals surface area contributed by atoms with Gasteiger partial charge in [0.05, 0.1) is 0 Å². The van der Waals surface area contributed by atoms with E-state index in [0.717, 1.165) is 29.1 Å². The zero-order valence-corrected chi connectivity index (χ0v) is 12.2. The van der Waals surface area contributed by atoms with Gasteiger partial charge >= 0.3 is 0 Å². The molecule has 3 heteroatoms. The first-order valence-corrected chi connectivity index (χ1v) is 7.04. The third kappa shape index (κ3) is 2.31. The van der Waals surface area contributed by atoms with E-state index < -0.39 is 0 Å². The molecule has 0 aliphatic carbocycles. The third-order valence-electron chi connectivity index (χ3n) is 3.37. The van der Waals surface area contributed by atoms with Crippen LogP contribution < -0.4 is 0 Å². The summed E-state index contributed by atoms with van der Waals surface area (Å²) in [5.41, 5.74) is 4.29. The molecule has 0 aliphatic heterocycles. The molecule has 0 radical (unpaired) electrons. The zero-order valence-electron chi connectivity index (χ0n) is 12.2. The van der Waals surface area contributed by atoms with E-state index in [4.69, 9.17) is 4.98 Å². The minimum absolute atomic E-state index is 0.566. The first kappa shape index (κ1) is 12.9. The van der Waals surface area contributed by atoms with Gasteiger partial charge in [-0.1, -0.05) is 31.5 Å². The van der Waals surface area contributed by atoms with E-state index in [1.54, 1.807) is 0 Å². The van der Waals surface area contributed by atoms with Crippen LogP contribution in [0.3, 0.4) is 0 Å². The summed E-state index contributed by atoms with van der Waals surface area (Å²) in [6.45, 7) is 6.53. The van der Waals surface area contributed by atoms with E-state index >= 15 is 0 Å². The van der Waals surface area contributed by atoms with Gasteiger partial charge in [-0.25, -0.2) is 9.97 Å². The topological polar surface area (TPSA) is 30.7 Å². The fourth-order valence-electron chi connectivity index (χ4n) is 2.43. The van der Waals surface area contributed by atoms with E-state index in [0.29, 0.717) is 5.92 Å². The van der Waals surface area contributed by atoms with Crippen molar-refractivity contribution in [3.05, 3.63) is 54.0 Å². The Balaban J connectivity index is 2.22. The Morgan fingerprint density at radius 3 is 2.55 bits per heavy atom. The lowest BCUT2D eigenvalue weighted by Crippen LogP contribution is -2.05. The minimum atomic E-state index is 0.566. The second-order valence-electron chi connectivity index (χ2n) is 5.64. The van der Waals surface area contributed by atoms with Crippen LogP contribution in [0.4, 0.5) is 0 Å². The van der Waals surface area contributed by atoms with Crippen LogP contribution in [-0.2, 0) is 6.42 Å². The van der Waals surface area contributed by atoms with Crippen molar-refractivity contribution in [3.8, 4) is 5.69 Å². The normalized spacial score (nSPS) is 11.4. The Hall–Kier alpha value is -2.16. The highest BCUT2D eigenvalue weighted by atomic mass is 15.1. The molecule has 0 unspecified atom stereocenters. The number of rotatable bonds is 3. The van der Waals surface area contributed by atoms with Crippen LogP contribution in [0.25, 0.3) is 16.9 Å². The third-order valence-corrected chi connectivity index (χ3v) is 3.37. The molecule has 0 spiro atoms. The largest absolute Gasteiger partial charge is 0.281 e. The van der Waals surface area contributed by atoms with Crippen molar-refractivity contribution >= 4 is 11.2 Å². The summed E-state index contributed by atoms with van der Waals surface area (Å²) in [4.78, 5) is 9.26. The van der Waals surface area contributed by atoms with Crippen molar-refractivity contribution in [1.29, 1.82) is 0 Å². The molecule has 0 saturated heterocycles. The molecular formula is C17H19N3. The smallest absolute Gasteiger partial charge is 0.164 e. The number of hydrogen-bond acceptors (Lipinski definition) is 2. The maximum absolute atomic E-state index is 4.75. The summed E-state index contributed by atoms with van der Waals surface area (Å²) in [5.74, 6) is 1.65. The van der Waals surface area contributed by atoms with Crippen molar-refractivity contribution in [2.45, 2.75) is 27.2 Å². The molecular weight excluding hydrogens is 246 g/mol. The van der Waals surface area contributed by atoms with Gasteiger partial charge in [0.15, 0.2) is 5.65 Å². The second kappa shape index (κ2) is 5.08. The summed E-state index contributed by atoms with van der Waals surface area (Å²) in [6.07, 6.45) is 2.78. The van der Waals surface area contributed by atoms with Crippen LogP contribution in [0.1, 0.15) is 25.2 Å². The van der Waals surface area contributed by atoms with E-state index in [9.17, 15) is 0 Å². The maximum Gasteiger partial charge on any atom is 0.164 e. The number of benzene rings is 1. The lowest BCUT2D eigenvalue weighted by molar-refractivity contribution is 0.616. The Kier molecular flexibility index (Phi) is 3.26. The predicted molar refractivity (Wildman–Crippen MR) is 82.1 cm³/mol. The molecule has 2 heterocycles. The van der Waals surface area contributed by atoms with Crippen LogP contribution >= 0.6 is 0 Å². The number of aromatic nitrogens is 3. The fourth-order valence-corrected chi connectivity index (χ4v) is 2.43. The molecule has 20 heavy (non-hydrogen) atoms. The van der Waals surface area contributed by atoms with Crippen LogP contribution in [0, 0.1) is 12.8 Å². The average Bonchev–Trinajstić information content (AvgIpc) is 2.77. The van der Waals surface area contributed by atoms with Crippen LogP contribution in [0.15, 0.2) is 42.6 Å². The lowest BCUT2D eigenvalue weighted by Gasteiger charge is -2.10. The molecule has 0 amide bonds. The van der Waals surface area contributed by atoms with Gasteiger partial charge in [-0.05, 0) is 37.1 Å². The summed E-state index contributed by atoms with van der Waals surface area (Å²) in [7, 11) is 0. The molecule has 0 atom stereocenters. The van der Waals surface area contributed by atoms with Crippen molar-refractivity contribution in [2.24, 2.45) is 5.92 Å². The number of nitrogens with zero attached hydrogens (tertiary/aromatic N) is 3. The SMILES string of the molecule is Cc1ccc(-n2c(CC(C)C)nc3cccnc32)cc1. The van der Waals surface area contributed by atoms with Crippen molar-refractivity contribution in [2.75, 3.05) is 0 Å². The molecule has 1 aromatic carbocycles. The second-order valence-corrected chi connectivity index (χ2v) is 5.64. The molecule has 102 valence electrons. The highest BCUT2D eigenvalue weighted by Gasteiger charge is 2.14. The van der Waals surface area contributed by atoms with Gasteiger partial charge in [-0.15, -0.1) is 0 Å². The molecule has 0 bridgehead atoms. The van der Waals surface area contributed by atoms with Crippen LogP contribution in [0.5, 0.6) is 0 Å². The highest BCUT2D eigenvalue weighted by molar-refractivity contribution is 5.73. The van der Waals surface area contributed by atoms with Crippen LogP contribution in [0.2, 0.25) is 0 Å². The number of pyridine rings is 1. The number of hydrogen-bond donors (Lipinski definition) is 0. The number of imidazole rings is 1. The fraction of sp³-hybridized carbons (Fsp3) is 0.294. The van der Waals surface area contributed by atoms with Crippen molar-refractivity contribution < 1.29 is 0 Å². The van der Waals surface area contributed by atoms with E-state index in [2.05, 4.69) is 54.6 Å². The first-order valence-electron chi connectivity index (χ1n) is 7.04. The Labute approximate surface area is 119 Å².